The lowest BCUT2D eigenvalue weighted by Crippen LogP contribution is -2.67. The van der Waals surface area contributed by atoms with E-state index in [1.165, 1.54) is 77.6 Å². The first-order valence-corrected chi connectivity index (χ1v) is 10.1. The highest BCUT2D eigenvalue weighted by Crippen LogP contribution is 2.12. The average Bonchev–Trinajstić information content (AvgIpc) is 2.57. The van der Waals surface area contributed by atoms with E-state index in [0.29, 0.717) is 0 Å². The van der Waals surface area contributed by atoms with Gasteiger partial charge < -0.3 is 21.1 Å². The highest BCUT2D eigenvalue weighted by molar-refractivity contribution is 4.91. The molecule has 150 valence electrons. The Morgan fingerprint density at radius 2 is 1.40 bits per heavy atom. The zero-order chi connectivity index (χ0) is 19.3. The third kappa shape index (κ3) is 25.5. The highest BCUT2D eigenvalue weighted by atomic mass is 16.3. The van der Waals surface area contributed by atoms with E-state index in [-0.39, 0.29) is 18.4 Å². The fraction of sp³-hybridized carbons (Fsp3) is 0.810. The normalized spacial score (nSPS) is 13.3. The lowest BCUT2D eigenvalue weighted by Gasteiger charge is -2.08. The molecule has 5 N–H and O–H groups in total. The summed E-state index contributed by atoms with van der Waals surface area (Å²) >= 11 is 0. The first-order chi connectivity index (χ1) is 12.0. The number of allylic oxidation sites excluding steroid dienone is 2. The van der Waals surface area contributed by atoms with Crippen molar-refractivity contribution in [3.8, 4) is 0 Å². The van der Waals surface area contributed by atoms with E-state index in [2.05, 4.69) is 19.2 Å². The second-order valence-corrected chi connectivity index (χ2v) is 6.89. The van der Waals surface area contributed by atoms with E-state index in [1.807, 2.05) is 6.08 Å². The highest BCUT2D eigenvalue weighted by Gasteiger charge is 2.12. The van der Waals surface area contributed by atoms with Crippen molar-refractivity contribution in [3.63, 3.8) is 0 Å². The molecule has 0 amide bonds. The largest absolute Gasteiger partial charge is 0.876 e. The summed E-state index contributed by atoms with van der Waals surface area (Å²) in [6, 6.07) is -0.307. The standard InChI is InChI=1S/C18H37NO2.C3H6O/c1-2-3-4-5-6-7-8-9-10-11-12-13-14-15-18(21)17(19)16-20;1-3(2)4/h14-15,17-18,20-21H,2-13,16,19H2,1H3;4H,1H2,2H3/b15-14+;/t17-,18+;/m0./s1. The molecule has 0 bridgehead atoms. The predicted octanol–water partition coefficient (Wildman–Crippen LogP) is 3.09. The number of hydrogen-bond acceptors (Lipinski definition) is 3. The predicted molar refractivity (Wildman–Crippen MR) is 105 cm³/mol. The zero-order valence-corrected chi connectivity index (χ0v) is 16.7. The van der Waals surface area contributed by atoms with Crippen LogP contribution in [0, 0.1) is 0 Å². The minimum atomic E-state index is -0.609. The number of unbranched alkanes of at least 4 members (excludes halogenated alkanes) is 11. The lowest BCUT2D eigenvalue weighted by molar-refractivity contribution is -0.438. The first kappa shape index (κ1) is 26.4. The van der Waals surface area contributed by atoms with Gasteiger partial charge in [-0.2, -0.15) is 0 Å². The molecule has 0 rings (SSSR count). The Morgan fingerprint density at radius 1 is 1.00 bits per heavy atom. The van der Waals surface area contributed by atoms with Gasteiger partial charge in [0.2, 0.25) is 0 Å². The molecule has 0 aromatic heterocycles. The Balaban J connectivity index is 0. The van der Waals surface area contributed by atoms with Gasteiger partial charge >= 0.3 is 0 Å². The summed E-state index contributed by atoms with van der Waals surface area (Å²) in [5.74, 6) is -0.0833. The number of hydrogen-bond donors (Lipinski definition) is 3. The smallest absolute Gasteiger partial charge is 0.138 e. The fourth-order valence-corrected chi connectivity index (χ4v) is 2.43. The third-order valence-corrected chi connectivity index (χ3v) is 4.03. The Hall–Kier alpha value is -0.840. The molecule has 0 aromatic rings. The van der Waals surface area contributed by atoms with Crippen molar-refractivity contribution >= 4 is 0 Å². The molecule has 0 aromatic carbocycles. The van der Waals surface area contributed by atoms with Crippen LogP contribution < -0.4 is 10.8 Å². The van der Waals surface area contributed by atoms with Gasteiger partial charge in [-0.25, -0.2) is 0 Å². The molecule has 0 aliphatic carbocycles. The van der Waals surface area contributed by atoms with E-state index in [9.17, 15) is 10.2 Å². The zero-order valence-electron chi connectivity index (χ0n) is 16.7. The van der Waals surface area contributed by atoms with Gasteiger partial charge in [-0.1, -0.05) is 90.2 Å². The number of aliphatic hydroxyl groups excluding tert-OH is 2. The van der Waals surface area contributed by atoms with Crippen LogP contribution in [0.3, 0.4) is 0 Å². The van der Waals surface area contributed by atoms with E-state index in [0.717, 1.165) is 6.42 Å². The topological polar surface area (TPSA) is 91.2 Å². The molecule has 0 fully saturated rings. The van der Waals surface area contributed by atoms with E-state index < -0.39 is 6.10 Å². The minimum absolute atomic E-state index is 0.0655. The van der Waals surface area contributed by atoms with Gasteiger partial charge in [0.05, 0.1) is 6.61 Å². The van der Waals surface area contributed by atoms with Crippen molar-refractivity contribution in [2.45, 2.75) is 103 Å². The van der Waals surface area contributed by atoms with Crippen LogP contribution in [0.5, 0.6) is 0 Å². The molecule has 0 heterocycles. The van der Waals surface area contributed by atoms with Crippen LogP contribution in [0.25, 0.3) is 0 Å². The molecule has 4 nitrogen and oxygen atoms in total. The van der Waals surface area contributed by atoms with Gasteiger partial charge in [0.15, 0.2) is 0 Å². The van der Waals surface area contributed by atoms with Crippen molar-refractivity contribution in [2.75, 3.05) is 6.61 Å². The van der Waals surface area contributed by atoms with Gasteiger partial charge in [-0.05, 0) is 12.8 Å². The average molecular weight is 358 g/mol. The van der Waals surface area contributed by atoms with Crippen LogP contribution in [0.4, 0.5) is 0 Å². The Bertz CT molecular complexity index is 302. The molecule has 0 saturated heterocycles. The monoisotopic (exact) mass is 357 g/mol. The summed E-state index contributed by atoms with van der Waals surface area (Å²) in [6.45, 7) is 6.62. The number of quaternary nitrogens is 1. The van der Waals surface area contributed by atoms with Crippen molar-refractivity contribution in [1.82, 2.24) is 0 Å². The van der Waals surface area contributed by atoms with Crippen molar-refractivity contribution in [2.24, 2.45) is 0 Å². The van der Waals surface area contributed by atoms with Crippen LogP contribution in [-0.2, 0) is 0 Å². The molecule has 4 heteroatoms. The molecule has 2 atom stereocenters. The second kappa shape index (κ2) is 21.2. The van der Waals surface area contributed by atoms with Gasteiger partial charge in [0.25, 0.3) is 0 Å². The maximum Gasteiger partial charge on any atom is 0.138 e. The maximum absolute atomic E-state index is 9.59. The summed E-state index contributed by atoms with van der Waals surface area (Å²) < 4.78 is 0. The number of aliphatic hydroxyl groups is 2. The molecule has 0 spiro atoms. The van der Waals surface area contributed by atoms with Crippen molar-refractivity contribution in [3.05, 3.63) is 24.5 Å². The van der Waals surface area contributed by atoms with Crippen LogP contribution in [0.2, 0.25) is 0 Å². The summed E-state index contributed by atoms with van der Waals surface area (Å²) in [7, 11) is 0. The van der Waals surface area contributed by atoms with Gasteiger partial charge in [0.1, 0.15) is 12.1 Å². The Kier molecular flexibility index (Phi) is 22.4. The first-order valence-electron chi connectivity index (χ1n) is 10.1. The molecular formula is C21H43NO3. The maximum atomic E-state index is 9.59. The summed E-state index contributed by atoms with van der Waals surface area (Å²) in [5.41, 5.74) is 3.69. The molecule has 0 saturated carbocycles. The molecule has 0 radical (unpaired) electrons. The van der Waals surface area contributed by atoms with E-state index in [1.54, 1.807) is 6.08 Å². The summed E-state index contributed by atoms with van der Waals surface area (Å²) in [6.07, 6.45) is 19.2. The minimum Gasteiger partial charge on any atom is -0.876 e. The summed E-state index contributed by atoms with van der Waals surface area (Å²) in [5, 5.41) is 27.8. The fourth-order valence-electron chi connectivity index (χ4n) is 2.43. The van der Waals surface area contributed by atoms with Gasteiger partial charge in [0, 0.05) is 0 Å². The third-order valence-electron chi connectivity index (χ3n) is 4.03. The van der Waals surface area contributed by atoms with Gasteiger partial charge in [-0.3, -0.25) is 0 Å². The molecule has 0 aliphatic heterocycles. The molecule has 0 unspecified atom stereocenters. The van der Waals surface area contributed by atoms with Gasteiger partial charge in [-0.15, -0.1) is 12.3 Å². The Morgan fingerprint density at radius 3 is 1.80 bits per heavy atom. The molecule has 25 heavy (non-hydrogen) atoms. The SMILES string of the molecule is C=C(C)[O-].CCCCCCCCCCCCC/C=C/[C@@H](O)[C@@H]([NH3+])CO. The summed E-state index contributed by atoms with van der Waals surface area (Å²) in [4.78, 5) is 0. The van der Waals surface area contributed by atoms with E-state index >= 15 is 0 Å². The van der Waals surface area contributed by atoms with Crippen LogP contribution in [0.15, 0.2) is 24.5 Å². The van der Waals surface area contributed by atoms with Crippen LogP contribution >= 0.6 is 0 Å². The van der Waals surface area contributed by atoms with Crippen molar-refractivity contribution < 1.29 is 21.1 Å². The molecular weight excluding hydrogens is 314 g/mol. The lowest BCUT2D eigenvalue weighted by atomic mass is 10.0. The number of rotatable bonds is 15. The van der Waals surface area contributed by atoms with Crippen LogP contribution in [0.1, 0.15) is 90.9 Å². The molecule has 0 aliphatic rings. The second-order valence-electron chi connectivity index (χ2n) is 6.89. The van der Waals surface area contributed by atoms with Crippen LogP contribution in [-0.4, -0.2) is 29.0 Å². The van der Waals surface area contributed by atoms with Crippen molar-refractivity contribution in [1.29, 1.82) is 0 Å². The van der Waals surface area contributed by atoms with E-state index in [4.69, 9.17) is 5.11 Å². The quantitative estimate of drug-likeness (QED) is 0.239. The Labute approximate surface area is 155 Å².